The lowest BCUT2D eigenvalue weighted by Gasteiger charge is -2.37. The Hall–Kier alpha value is -0.900. The van der Waals surface area contributed by atoms with Gasteiger partial charge in [0.1, 0.15) is 0 Å². The van der Waals surface area contributed by atoms with Crippen LogP contribution < -0.4 is 5.73 Å². The molecular formula is C16H27N3. The maximum atomic E-state index is 6.29. The Morgan fingerprint density at radius 2 is 2.00 bits per heavy atom. The summed E-state index contributed by atoms with van der Waals surface area (Å²) in [4.78, 5) is 4.90. The van der Waals surface area contributed by atoms with Gasteiger partial charge in [-0.25, -0.2) is 0 Å². The van der Waals surface area contributed by atoms with E-state index in [1.165, 1.54) is 24.9 Å². The Labute approximate surface area is 117 Å². The predicted octanol–water partition coefficient (Wildman–Crippen LogP) is 2.10. The lowest BCUT2D eigenvalue weighted by Crippen LogP contribution is -2.45. The van der Waals surface area contributed by atoms with E-state index in [0.717, 1.165) is 6.54 Å². The molecule has 1 aromatic rings. The van der Waals surface area contributed by atoms with E-state index in [1.807, 2.05) is 0 Å². The van der Waals surface area contributed by atoms with Gasteiger partial charge in [-0.3, -0.25) is 4.90 Å². The summed E-state index contributed by atoms with van der Waals surface area (Å²) in [6, 6.07) is 11.8. The quantitative estimate of drug-likeness (QED) is 0.881. The first-order valence-electron chi connectivity index (χ1n) is 7.30. The van der Waals surface area contributed by atoms with Gasteiger partial charge in [0, 0.05) is 24.7 Å². The molecule has 0 radical (unpaired) electrons. The van der Waals surface area contributed by atoms with Crippen LogP contribution in [0.15, 0.2) is 30.3 Å². The second-order valence-corrected chi connectivity index (χ2v) is 6.01. The predicted molar refractivity (Wildman–Crippen MR) is 81.1 cm³/mol. The van der Waals surface area contributed by atoms with Crippen molar-refractivity contribution in [3.8, 4) is 0 Å². The van der Waals surface area contributed by atoms with Crippen LogP contribution in [0.25, 0.3) is 0 Å². The smallest absolute Gasteiger partial charge is 0.0499 e. The third-order valence-corrected chi connectivity index (χ3v) is 3.99. The largest absolute Gasteiger partial charge is 0.326 e. The minimum Gasteiger partial charge on any atom is -0.326 e. The molecule has 1 heterocycles. The highest BCUT2D eigenvalue weighted by Gasteiger charge is 2.33. The van der Waals surface area contributed by atoms with Crippen LogP contribution in [0, 0.1) is 0 Å². The number of hydrogen-bond acceptors (Lipinski definition) is 3. The Morgan fingerprint density at radius 3 is 2.58 bits per heavy atom. The summed E-state index contributed by atoms with van der Waals surface area (Å²) in [7, 11) is 4.31. The van der Waals surface area contributed by atoms with Gasteiger partial charge < -0.3 is 10.6 Å². The first-order valence-corrected chi connectivity index (χ1v) is 7.30. The molecule has 1 fully saturated rings. The monoisotopic (exact) mass is 261 g/mol. The normalized spacial score (nSPS) is 23.7. The SMILES string of the molecule is CC(N)C(c1ccccc1)N1CCCC1CN(C)C. The van der Waals surface area contributed by atoms with Gasteiger partial charge in [0.15, 0.2) is 0 Å². The molecule has 3 unspecified atom stereocenters. The molecule has 3 atom stereocenters. The summed E-state index contributed by atoms with van der Waals surface area (Å²) >= 11 is 0. The molecular weight excluding hydrogens is 234 g/mol. The fourth-order valence-corrected chi connectivity index (χ4v) is 3.29. The van der Waals surface area contributed by atoms with Crippen molar-refractivity contribution in [1.29, 1.82) is 0 Å². The van der Waals surface area contributed by atoms with E-state index in [0.29, 0.717) is 12.1 Å². The Bertz CT molecular complexity index is 375. The average molecular weight is 261 g/mol. The second-order valence-electron chi connectivity index (χ2n) is 6.01. The highest BCUT2D eigenvalue weighted by molar-refractivity contribution is 5.21. The zero-order valence-electron chi connectivity index (χ0n) is 12.4. The molecule has 1 aliphatic heterocycles. The number of rotatable bonds is 5. The van der Waals surface area contributed by atoms with Crippen LogP contribution in [-0.4, -0.2) is 49.1 Å². The van der Waals surface area contributed by atoms with Crippen molar-refractivity contribution in [2.45, 2.75) is 37.9 Å². The van der Waals surface area contributed by atoms with Crippen LogP contribution in [0.5, 0.6) is 0 Å². The van der Waals surface area contributed by atoms with Crippen molar-refractivity contribution in [3.05, 3.63) is 35.9 Å². The highest BCUT2D eigenvalue weighted by Crippen LogP contribution is 2.31. The number of likely N-dealkylation sites (tertiary alicyclic amines) is 1. The molecule has 0 spiro atoms. The molecule has 1 aliphatic rings. The molecule has 2 rings (SSSR count). The molecule has 0 aliphatic carbocycles. The molecule has 3 nitrogen and oxygen atoms in total. The van der Waals surface area contributed by atoms with Crippen LogP contribution in [0.3, 0.4) is 0 Å². The Morgan fingerprint density at radius 1 is 1.32 bits per heavy atom. The molecule has 3 heteroatoms. The van der Waals surface area contributed by atoms with Crippen molar-refractivity contribution in [1.82, 2.24) is 9.80 Å². The molecule has 1 saturated heterocycles. The van der Waals surface area contributed by atoms with Gasteiger partial charge in [0.2, 0.25) is 0 Å². The van der Waals surface area contributed by atoms with E-state index in [9.17, 15) is 0 Å². The Kier molecular flexibility index (Phi) is 4.97. The highest BCUT2D eigenvalue weighted by atomic mass is 15.2. The minimum atomic E-state index is 0.158. The minimum absolute atomic E-state index is 0.158. The number of likely N-dealkylation sites (N-methyl/N-ethyl adjacent to an activating group) is 1. The maximum absolute atomic E-state index is 6.29. The molecule has 1 aromatic carbocycles. The third kappa shape index (κ3) is 3.56. The maximum Gasteiger partial charge on any atom is 0.0499 e. The van der Waals surface area contributed by atoms with Crippen molar-refractivity contribution < 1.29 is 0 Å². The molecule has 0 saturated carbocycles. The fraction of sp³-hybridized carbons (Fsp3) is 0.625. The van der Waals surface area contributed by atoms with Crippen molar-refractivity contribution in [3.63, 3.8) is 0 Å². The van der Waals surface area contributed by atoms with E-state index in [2.05, 4.69) is 61.2 Å². The van der Waals surface area contributed by atoms with Crippen LogP contribution in [0.2, 0.25) is 0 Å². The second kappa shape index (κ2) is 6.51. The lowest BCUT2D eigenvalue weighted by atomic mass is 9.98. The number of nitrogens with zero attached hydrogens (tertiary/aromatic N) is 2. The molecule has 19 heavy (non-hydrogen) atoms. The van der Waals surface area contributed by atoms with Crippen molar-refractivity contribution in [2.24, 2.45) is 5.73 Å². The van der Waals surface area contributed by atoms with Gasteiger partial charge in [-0.15, -0.1) is 0 Å². The topological polar surface area (TPSA) is 32.5 Å². The summed E-state index contributed by atoms with van der Waals surface area (Å²) in [5.41, 5.74) is 7.64. The van der Waals surface area contributed by atoms with E-state index < -0.39 is 0 Å². The molecule has 0 bridgehead atoms. The standard InChI is InChI=1S/C16H27N3/c1-13(17)16(14-8-5-4-6-9-14)19-11-7-10-15(19)12-18(2)3/h4-6,8-9,13,15-16H,7,10-12,17H2,1-3H3. The van der Waals surface area contributed by atoms with Gasteiger partial charge >= 0.3 is 0 Å². The van der Waals surface area contributed by atoms with Gasteiger partial charge in [-0.2, -0.15) is 0 Å². The first kappa shape index (κ1) is 14.5. The van der Waals surface area contributed by atoms with Gasteiger partial charge in [0.25, 0.3) is 0 Å². The number of hydrogen-bond donors (Lipinski definition) is 1. The zero-order valence-corrected chi connectivity index (χ0v) is 12.4. The van der Waals surface area contributed by atoms with Crippen LogP contribution in [-0.2, 0) is 0 Å². The van der Waals surface area contributed by atoms with Crippen LogP contribution >= 0.6 is 0 Å². The fourth-order valence-electron chi connectivity index (χ4n) is 3.29. The van der Waals surface area contributed by atoms with Crippen molar-refractivity contribution in [2.75, 3.05) is 27.2 Å². The lowest BCUT2D eigenvalue weighted by molar-refractivity contribution is 0.137. The van der Waals surface area contributed by atoms with E-state index >= 15 is 0 Å². The van der Waals surface area contributed by atoms with Gasteiger partial charge in [0.05, 0.1) is 0 Å². The van der Waals surface area contributed by atoms with E-state index in [1.54, 1.807) is 0 Å². The summed E-state index contributed by atoms with van der Waals surface area (Å²) in [5, 5.41) is 0. The molecule has 106 valence electrons. The molecule has 0 aromatic heterocycles. The zero-order chi connectivity index (χ0) is 13.8. The molecule has 0 amide bonds. The molecule has 2 N–H and O–H groups in total. The van der Waals surface area contributed by atoms with Gasteiger partial charge in [-0.1, -0.05) is 30.3 Å². The third-order valence-electron chi connectivity index (χ3n) is 3.99. The summed E-state index contributed by atoms with van der Waals surface area (Å²) < 4.78 is 0. The Balaban J connectivity index is 2.19. The number of nitrogens with two attached hydrogens (primary N) is 1. The first-order chi connectivity index (χ1) is 9.09. The van der Waals surface area contributed by atoms with E-state index in [4.69, 9.17) is 5.73 Å². The summed E-state index contributed by atoms with van der Waals surface area (Å²) in [6.07, 6.45) is 2.57. The summed E-state index contributed by atoms with van der Waals surface area (Å²) in [6.45, 7) is 4.42. The van der Waals surface area contributed by atoms with E-state index in [-0.39, 0.29) is 6.04 Å². The number of benzene rings is 1. The van der Waals surface area contributed by atoms with Gasteiger partial charge in [-0.05, 0) is 46.0 Å². The average Bonchev–Trinajstić information content (AvgIpc) is 2.78. The van der Waals surface area contributed by atoms with Crippen molar-refractivity contribution >= 4 is 0 Å². The van der Waals surface area contributed by atoms with Crippen LogP contribution in [0.4, 0.5) is 0 Å². The summed E-state index contributed by atoms with van der Waals surface area (Å²) in [5.74, 6) is 0. The van der Waals surface area contributed by atoms with Crippen LogP contribution in [0.1, 0.15) is 31.4 Å².